The first-order valence-corrected chi connectivity index (χ1v) is 4.78. The maximum Gasteiger partial charge on any atom is 0.266 e. The van der Waals surface area contributed by atoms with E-state index in [1.165, 1.54) is 0 Å². The van der Waals surface area contributed by atoms with Gasteiger partial charge in [-0.2, -0.15) is 8.78 Å². The lowest BCUT2D eigenvalue weighted by molar-refractivity contribution is -0.119. The Kier molecular flexibility index (Phi) is 4.72. The van der Waals surface area contributed by atoms with Gasteiger partial charge in [-0.15, -0.1) is 0 Å². The molecular formula is C10H9ClF2N2O. The molecule has 3 nitrogen and oxygen atoms in total. The molecule has 16 heavy (non-hydrogen) atoms. The smallest absolute Gasteiger partial charge is 0.266 e. The minimum Gasteiger partial charge on any atom is -0.297 e. The third-order valence-electron chi connectivity index (χ3n) is 1.65. The van der Waals surface area contributed by atoms with Gasteiger partial charge in [-0.3, -0.25) is 15.6 Å². The van der Waals surface area contributed by atoms with Gasteiger partial charge in [-0.1, -0.05) is 23.7 Å². The molecule has 0 atom stereocenters. The standard InChI is InChI=1S/C10H9ClF2N2O/c11-7-3-1-2-4-8(7)14-15-10(16)6-5-9(12)13/h1-5,14H,6H2,(H,15,16). The van der Waals surface area contributed by atoms with E-state index in [-0.39, 0.29) is 6.42 Å². The summed E-state index contributed by atoms with van der Waals surface area (Å²) < 4.78 is 23.3. The predicted molar refractivity (Wildman–Crippen MR) is 58.1 cm³/mol. The quantitative estimate of drug-likeness (QED) is 0.802. The minimum absolute atomic E-state index is 0.389. The van der Waals surface area contributed by atoms with Crippen molar-refractivity contribution >= 4 is 23.2 Å². The van der Waals surface area contributed by atoms with E-state index in [1.54, 1.807) is 24.3 Å². The Labute approximate surface area is 96.1 Å². The van der Waals surface area contributed by atoms with Gasteiger partial charge in [0.15, 0.2) is 0 Å². The Morgan fingerprint density at radius 3 is 2.69 bits per heavy atom. The molecule has 0 aliphatic carbocycles. The largest absolute Gasteiger partial charge is 0.297 e. The van der Waals surface area contributed by atoms with E-state index < -0.39 is 12.0 Å². The van der Waals surface area contributed by atoms with Crippen LogP contribution in [0.1, 0.15) is 6.42 Å². The Morgan fingerprint density at radius 2 is 2.06 bits per heavy atom. The van der Waals surface area contributed by atoms with E-state index in [2.05, 4.69) is 10.9 Å². The molecule has 1 rings (SSSR count). The van der Waals surface area contributed by atoms with Crippen molar-refractivity contribution in [1.82, 2.24) is 5.43 Å². The van der Waals surface area contributed by atoms with Gasteiger partial charge in [-0.05, 0) is 18.2 Å². The third-order valence-corrected chi connectivity index (χ3v) is 1.98. The summed E-state index contributed by atoms with van der Waals surface area (Å²) in [4.78, 5) is 11.0. The number of carbonyl (C=O) groups excluding carboxylic acids is 1. The number of carbonyl (C=O) groups is 1. The van der Waals surface area contributed by atoms with Crippen LogP contribution in [0.3, 0.4) is 0 Å². The molecule has 6 heteroatoms. The van der Waals surface area contributed by atoms with Crippen LogP contribution >= 0.6 is 11.6 Å². The molecule has 0 saturated heterocycles. The normalized spacial score (nSPS) is 9.44. The van der Waals surface area contributed by atoms with E-state index >= 15 is 0 Å². The van der Waals surface area contributed by atoms with Crippen LogP contribution in [0.25, 0.3) is 0 Å². The molecule has 0 spiro atoms. The summed E-state index contributed by atoms with van der Waals surface area (Å²) in [7, 11) is 0. The number of nitrogens with one attached hydrogen (secondary N) is 2. The monoisotopic (exact) mass is 246 g/mol. The lowest BCUT2D eigenvalue weighted by atomic mass is 10.3. The van der Waals surface area contributed by atoms with Crippen molar-refractivity contribution in [3.63, 3.8) is 0 Å². The van der Waals surface area contributed by atoms with Crippen molar-refractivity contribution in [2.45, 2.75) is 6.42 Å². The Hall–Kier alpha value is -1.62. The number of hydrogen-bond donors (Lipinski definition) is 2. The predicted octanol–water partition coefficient (Wildman–Crippen LogP) is 2.95. The van der Waals surface area contributed by atoms with Crippen LogP contribution in [-0.4, -0.2) is 5.91 Å². The minimum atomic E-state index is -1.88. The zero-order chi connectivity index (χ0) is 12.0. The molecule has 86 valence electrons. The third kappa shape index (κ3) is 4.27. The Balaban J connectivity index is 2.43. The highest BCUT2D eigenvalue weighted by Crippen LogP contribution is 2.19. The summed E-state index contributed by atoms with van der Waals surface area (Å²) in [5, 5.41) is 0.426. The van der Waals surface area contributed by atoms with E-state index in [1.807, 2.05) is 0 Å². The first-order chi connectivity index (χ1) is 7.59. The van der Waals surface area contributed by atoms with E-state index in [9.17, 15) is 13.6 Å². The summed E-state index contributed by atoms with van der Waals surface area (Å²) in [5.41, 5.74) is 5.28. The van der Waals surface area contributed by atoms with E-state index in [0.29, 0.717) is 16.8 Å². The molecule has 0 unspecified atom stereocenters. The number of para-hydroxylation sites is 1. The molecule has 0 aliphatic heterocycles. The van der Waals surface area contributed by atoms with Gasteiger partial charge in [0, 0.05) is 0 Å². The number of anilines is 1. The van der Waals surface area contributed by atoms with Crippen LogP contribution in [0.5, 0.6) is 0 Å². The Bertz CT molecular complexity index is 406. The zero-order valence-corrected chi connectivity index (χ0v) is 8.89. The maximum absolute atomic E-state index is 11.7. The number of amides is 1. The van der Waals surface area contributed by atoms with Gasteiger partial charge in [0.05, 0.1) is 17.1 Å². The lowest BCUT2D eigenvalue weighted by Gasteiger charge is -2.08. The van der Waals surface area contributed by atoms with Gasteiger partial charge in [0.1, 0.15) is 0 Å². The molecule has 0 radical (unpaired) electrons. The summed E-state index contributed by atoms with van der Waals surface area (Å²) in [5.74, 6) is -0.576. The highest BCUT2D eigenvalue weighted by Gasteiger charge is 2.01. The fraction of sp³-hybridized carbons (Fsp3) is 0.100. The SMILES string of the molecule is O=C(CC=C(F)F)NNc1ccccc1Cl. The summed E-state index contributed by atoms with van der Waals surface area (Å²) in [6.45, 7) is 0. The zero-order valence-electron chi connectivity index (χ0n) is 8.14. The first-order valence-electron chi connectivity index (χ1n) is 4.40. The second-order valence-electron chi connectivity index (χ2n) is 2.85. The van der Waals surface area contributed by atoms with Crippen molar-refractivity contribution in [3.05, 3.63) is 41.4 Å². The van der Waals surface area contributed by atoms with Crippen molar-refractivity contribution in [2.24, 2.45) is 0 Å². The summed E-state index contributed by atoms with van der Waals surface area (Å²) in [6, 6.07) is 6.74. The summed E-state index contributed by atoms with van der Waals surface area (Å²) >= 11 is 5.79. The van der Waals surface area contributed by atoms with Crippen molar-refractivity contribution in [1.29, 1.82) is 0 Å². The van der Waals surface area contributed by atoms with Crippen LogP contribution in [0.15, 0.2) is 36.4 Å². The number of hydrogen-bond acceptors (Lipinski definition) is 2. The van der Waals surface area contributed by atoms with E-state index in [4.69, 9.17) is 11.6 Å². The van der Waals surface area contributed by atoms with Gasteiger partial charge in [0.25, 0.3) is 6.08 Å². The topological polar surface area (TPSA) is 41.1 Å². The Morgan fingerprint density at radius 1 is 1.38 bits per heavy atom. The average molecular weight is 247 g/mol. The second-order valence-corrected chi connectivity index (χ2v) is 3.26. The van der Waals surface area contributed by atoms with Crippen molar-refractivity contribution < 1.29 is 13.6 Å². The fourth-order valence-electron chi connectivity index (χ4n) is 0.921. The highest BCUT2D eigenvalue weighted by atomic mass is 35.5. The molecule has 0 saturated carbocycles. The maximum atomic E-state index is 11.7. The average Bonchev–Trinajstić information content (AvgIpc) is 2.25. The number of halogens is 3. The van der Waals surface area contributed by atoms with Gasteiger partial charge in [-0.25, -0.2) is 0 Å². The van der Waals surface area contributed by atoms with Crippen LogP contribution < -0.4 is 10.9 Å². The fourth-order valence-corrected chi connectivity index (χ4v) is 1.10. The van der Waals surface area contributed by atoms with Gasteiger partial charge < -0.3 is 0 Å². The molecule has 1 aromatic carbocycles. The molecule has 2 N–H and O–H groups in total. The van der Waals surface area contributed by atoms with Gasteiger partial charge in [0.2, 0.25) is 5.91 Å². The molecule has 0 heterocycles. The molecule has 1 amide bonds. The first kappa shape index (κ1) is 12.4. The molecule has 0 bridgehead atoms. The number of rotatable bonds is 4. The lowest BCUT2D eigenvalue weighted by Crippen LogP contribution is -2.28. The molecule has 0 aliphatic rings. The van der Waals surface area contributed by atoms with Crippen LogP contribution in [-0.2, 0) is 4.79 Å². The number of benzene rings is 1. The van der Waals surface area contributed by atoms with Crippen molar-refractivity contribution in [3.8, 4) is 0 Å². The number of hydrazine groups is 1. The van der Waals surface area contributed by atoms with Crippen LogP contribution in [0.2, 0.25) is 5.02 Å². The van der Waals surface area contributed by atoms with E-state index in [0.717, 1.165) is 0 Å². The summed E-state index contributed by atoms with van der Waals surface area (Å²) in [6.07, 6.45) is -1.74. The molecule has 1 aromatic rings. The second kappa shape index (κ2) is 6.07. The van der Waals surface area contributed by atoms with Crippen LogP contribution in [0.4, 0.5) is 14.5 Å². The van der Waals surface area contributed by atoms with Crippen molar-refractivity contribution in [2.75, 3.05) is 5.43 Å². The highest BCUT2D eigenvalue weighted by molar-refractivity contribution is 6.33. The molecular weight excluding hydrogens is 238 g/mol. The molecule has 0 fully saturated rings. The van der Waals surface area contributed by atoms with Crippen LogP contribution in [0, 0.1) is 0 Å². The molecule has 0 aromatic heterocycles. The van der Waals surface area contributed by atoms with Gasteiger partial charge >= 0.3 is 0 Å².